The van der Waals surface area contributed by atoms with Crippen LogP contribution >= 0.6 is 7.82 Å². The third-order valence-corrected chi connectivity index (χ3v) is 1.42. The van der Waals surface area contributed by atoms with E-state index in [9.17, 15) is 9.36 Å². The van der Waals surface area contributed by atoms with Gasteiger partial charge in [-0.25, -0.2) is 9.36 Å². The number of phosphoric ester groups is 1. The van der Waals surface area contributed by atoms with Gasteiger partial charge in [0.25, 0.3) is 0 Å². The molecule has 0 aliphatic carbocycles. The standard InChI is InChI=1S/C6H11O6P/c1-4(3-5(2)7)6(8)12-13(9,10)11/h3,5,7H,1-2H3,(H2,9,10,11). The van der Waals surface area contributed by atoms with Gasteiger partial charge in [0, 0.05) is 5.57 Å². The van der Waals surface area contributed by atoms with Gasteiger partial charge in [-0.3, -0.25) is 9.79 Å². The van der Waals surface area contributed by atoms with Gasteiger partial charge in [-0.15, -0.1) is 0 Å². The Morgan fingerprint density at radius 3 is 2.31 bits per heavy atom. The summed E-state index contributed by atoms with van der Waals surface area (Å²) in [6.45, 7) is 2.68. The van der Waals surface area contributed by atoms with E-state index in [2.05, 4.69) is 4.52 Å². The third kappa shape index (κ3) is 6.48. The van der Waals surface area contributed by atoms with E-state index >= 15 is 0 Å². The van der Waals surface area contributed by atoms with Gasteiger partial charge >= 0.3 is 13.8 Å². The normalized spacial score (nSPS) is 15.3. The van der Waals surface area contributed by atoms with Gasteiger partial charge < -0.3 is 9.63 Å². The second-order valence-electron chi connectivity index (χ2n) is 2.46. The number of hydrogen-bond acceptors (Lipinski definition) is 4. The molecule has 1 atom stereocenters. The highest BCUT2D eigenvalue weighted by molar-refractivity contribution is 7.46. The van der Waals surface area contributed by atoms with Crippen LogP contribution in [0.1, 0.15) is 13.8 Å². The summed E-state index contributed by atoms with van der Waals surface area (Å²) in [6.07, 6.45) is 0.252. The Morgan fingerprint density at radius 2 is 2.00 bits per heavy atom. The van der Waals surface area contributed by atoms with Crippen molar-refractivity contribution < 1.29 is 28.8 Å². The summed E-state index contributed by atoms with van der Waals surface area (Å²) in [6, 6.07) is 0. The van der Waals surface area contributed by atoms with Gasteiger partial charge in [-0.2, -0.15) is 0 Å². The molecule has 0 amide bonds. The molecule has 0 rings (SSSR count). The third-order valence-electron chi connectivity index (χ3n) is 1.02. The van der Waals surface area contributed by atoms with Gasteiger partial charge in [0.1, 0.15) is 0 Å². The van der Waals surface area contributed by atoms with Crippen molar-refractivity contribution in [2.45, 2.75) is 20.0 Å². The predicted octanol–water partition coefficient (Wildman–Crippen LogP) is -0.0506. The van der Waals surface area contributed by atoms with E-state index in [1.165, 1.54) is 13.8 Å². The lowest BCUT2D eigenvalue weighted by Crippen LogP contribution is -2.06. The maximum Gasteiger partial charge on any atom is 0.527 e. The lowest BCUT2D eigenvalue weighted by atomic mass is 10.2. The Kier molecular flexibility index (Phi) is 4.29. The average molecular weight is 210 g/mol. The number of hydrogen-bond donors (Lipinski definition) is 3. The molecule has 0 spiro atoms. The van der Waals surface area contributed by atoms with Crippen molar-refractivity contribution in [2.24, 2.45) is 0 Å². The van der Waals surface area contributed by atoms with Crippen molar-refractivity contribution in [1.82, 2.24) is 0 Å². The van der Waals surface area contributed by atoms with Gasteiger partial charge in [-0.05, 0) is 19.9 Å². The van der Waals surface area contributed by atoms with Crippen LogP contribution in [0.3, 0.4) is 0 Å². The van der Waals surface area contributed by atoms with Crippen molar-refractivity contribution in [1.29, 1.82) is 0 Å². The van der Waals surface area contributed by atoms with E-state index in [1.54, 1.807) is 0 Å². The Labute approximate surface area is 75.1 Å². The minimum Gasteiger partial charge on any atom is -0.389 e. The summed E-state index contributed by atoms with van der Waals surface area (Å²) in [5.41, 5.74) is -0.0571. The molecule has 6 nitrogen and oxygen atoms in total. The smallest absolute Gasteiger partial charge is 0.389 e. The molecule has 0 saturated carbocycles. The number of aliphatic hydroxyl groups excluding tert-OH is 1. The summed E-state index contributed by atoms with van der Waals surface area (Å²) in [5, 5.41) is 8.79. The van der Waals surface area contributed by atoms with E-state index < -0.39 is 19.9 Å². The van der Waals surface area contributed by atoms with Crippen LogP contribution in [0.15, 0.2) is 11.6 Å². The quantitative estimate of drug-likeness (QED) is 0.445. The zero-order valence-corrected chi connectivity index (χ0v) is 8.06. The van der Waals surface area contributed by atoms with Crippen LogP contribution in [0.2, 0.25) is 0 Å². The van der Waals surface area contributed by atoms with E-state index in [1.807, 2.05) is 0 Å². The summed E-state index contributed by atoms with van der Waals surface area (Å²) in [5.74, 6) is -1.14. The van der Waals surface area contributed by atoms with Gasteiger partial charge in [-0.1, -0.05) is 0 Å². The monoisotopic (exact) mass is 210 g/mol. The zero-order valence-electron chi connectivity index (χ0n) is 7.17. The van der Waals surface area contributed by atoms with E-state index in [0.717, 1.165) is 6.08 Å². The van der Waals surface area contributed by atoms with Crippen LogP contribution in [-0.2, 0) is 13.9 Å². The Morgan fingerprint density at radius 1 is 1.54 bits per heavy atom. The van der Waals surface area contributed by atoms with Crippen LogP contribution in [0.4, 0.5) is 0 Å². The maximum absolute atomic E-state index is 10.8. The van der Waals surface area contributed by atoms with Gasteiger partial charge in [0.2, 0.25) is 0 Å². The summed E-state index contributed by atoms with van der Waals surface area (Å²) in [7, 11) is -4.79. The number of carbonyl (C=O) groups is 1. The fourth-order valence-electron chi connectivity index (χ4n) is 0.610. The molecule has 0 saturated heterocycles. The topological polar surface area (TPSA) is 104 Å². The van der Waals surface area contributed by atoms with Crippen molar-refractivity contribution >= 4 is 13.8 Å². The average Bonchev–Trinajstić information content (AvgIpc) is 1.81. The second-order valence-corrected chi connectivity index (χ2v) is 3.62. The van der Waals surface area contributed by atoms with E-state index in [-0.39, 0.29) is 5.57 Å². The van der Waals surface area contributed by atoms with Crippen molar-refractivity contribution in [3.63, 3.8) is 0 Å². The molecule has 0 heterocycles. The van der Waals surface area contributed by atoms with Crippen LogP contribution in [0, 0.1) is 0 Å². The fourth-order valence-corrected chi connectivity index (χ4v) is 0.970. The van der Waals surface area contributed by atoms with Crippen LogP contribution in [-0.4, -0.2) is 27.0 Å². The maximum atomic E-state index is 10.8. The minimum atomic E-state index is -4.79. The van der Waals surface area contributed by atoms with Crippen molar-refractivity contribution in [3.05, 3.63) is 11.6 Å². The molecule has 76 valence electrons. The molecule has 7 heteroatoms. The molecule has 0 aromatic heterocycles. The molecule has 0 bridgehead atoms. The second kappa shape index (κ2) is 4.53. The molecule has 0 fully saturated rings. The minimum absolute atomic E-state index is 0.0571. The first-order chi connectivity index (χ1) is 5.72. The molecule has 0 aliphatic heterocycles. The molecule has 0 aromatic carbocycles. The van der Waals surface area contributed by atoms with E-state index in [0.29, 0.717) is 0 Å². The fraction of sp³-hybridized carbons (Fsp3) is 0.500. The highest BCUT2D eigenvalue weighted by atomic mass is 31.2. The van der Waals surface area contributed by atoms with Crippen LogP contribution in [0.25, 0.3) is 0 Å². The molecule has 1 unspecified atom stereocenters. The molecule has 0 aliphatic rings. The summed E-state index contributed by atoms with van der Waals surface area (Å²) < 4.78 is 13.9. The Balaban J connectivity index is 4.37. The van der Waals surface area contributed by atoms with Crippen molar-refractivity contribution in [3.8, 4) is 0 Å². The first-order valence-corrected chi connectivity index (χ1v) is 4.91. The van der Waals surface area contributed by atoms with E-state index in [4.69, 9.17) is 14.9 Å². The summed E-state index contributed by atoms with van der Waals surface area (Å²) >= 11 is 0. The molecular formula is C6H11O6P. The van der Waals surface area contributed by atoms with Crippen LogP contribution in [0.5, 0.6) is 0 Å². The number of rotatable bonds is 3. The molecule has 0 radical (unpaired) electrons. The molecule has 3 N–H and O–H groups in total. The highest BCUT2D eigenvalue weighted by Crippen LogP contribution is 2.36. The lowest BCUT2D eigenvalue weighted by Gasteiger charge is -2.05. The molecule has 13 heavy (non-hydrogen) atoms. The predicted molar refractivity (Wildman–Crippen MR) is 43.6 cm³/mol. The number of aliphatic hydroxyl groups is 1. The Hall–Kier alpha value is -0.680. The zero-order chi connectivity index (χ0) is 10.6. The molecule has 0 aromatic rings. The van der Waals surface area contributed by atoms with Gasteiger partial charge in [0.15, 0.2) is 0 Å². The van der Waals surface area contributed by atoms with Crippen LogP contribution < -0.4 is 0 Å². The van der Waals surface area contributed by atoms with Crippen molar-refractivity contribution in [2.75, 3.05) is 0 Å². The Bertz CT molecular complexity index is 262. The first-order valence-electron chi connectivity index (χ1n) is 3.38. The molecular weight excluding hydrogens is 199 g/mol. The number of phosphoric acid groups is 1. The highest BCUT2D eigenvalue weighted by Gasteiger charge is 2.21. The van der Waals surface area contributed by atoms with Gasteiger partial charge in [0.05, 0.1) is 6.10 Å². The largest absolute Gasteiger partial charge is 0.527 e. The SMILES string of the molecule is CC(=CC(C)O)C(=O)OP(=O)(O)O. The lowest BCUT2D eigenvalue weighted by molar-refractivity contribution is -0.131. The summed E-state index contributed by atoms with van der Waals surface area (Å²) in [4.78, 5) is 27.3. The number of carbonyl (C=O) groups excluding carboxylic acids is 1. The first kappa shape index (κ1) is 12.3.